The SMILES string of the molecule is O=C(CCCc1c(-c2ccc3ccccc3n2)[nH]c2ccccc12)N1CCN(c2ccccc2)CC1. The Kier molecular flexibility index (Phi) is 6.12. The van der Waals surface area contributed by atoms with Crippen molar-refractivity contribution >= 4 is 33.4 Å². The summed E-state index contributed by atoms with van der Waals surface area (Å²) in [6.45, 7) is 3.34. The number of aromatic nitrogens is 2. The Bertz CT molecular complexity index is 1500. The Morgan fingerprint density at radius 1 is 0.806 bits per heavy atom. The van der Waals surface area contributed by atoms with Gasteiger partial charge in [-0.2, -0.15) is 0 Å². The molecule has 36 heavy (non-hydrogen) atoms. The van der Waals surface area contributed by atoms with Crippen LogP contribution in [-0.2, 0) is 11.2 Å². The van der Waals surface area contributed by atoms with Crippen molar-refractivity contribution < 1.29 is 4.79 Å². The van der Waals surface area contributed by atoms with Crippen LogP contribution in [-0.4, -0.2) is 47.0 Å². The molecule has 1 fully saturated rings. The van der Waals surface area contributed by atoms with Crippen molar-refractivity contribution in [2.24, 2.45) is 0 Å². The van der Waals surface area contributed by atoms with Crippen LogP contribution in [0.1, 0.15) is 18.4 Å². The molecule has 6 rings (SSSR count). The molecule has 3 aromatic carbocycles. The fourth-order valence-electron chi connectivity index (χ4n) is 5.31. The molecule has 2 aromatic heterocycles. The normalized spacial score (nSPS) is 14.0. The average Bonchev–Trinajstić information content (AvgIpc) is 3.32. The molecule has 1 aliphatic heterocycles. The summed E-state index contributed by atoms with van der Waals surface area (Å²) in [5.41, 5.74) is 6.59. The van der Waals surface area contributed by atoms with Gasteiger partial charge in [-0.3, -0.25) is 4.79 Å². The summed E-state index contributed by atoms with van der Waals surface area (Å²) in [7, 11) is 0. The second-order valence-corrected chi connectivity index (χ2v) is 9.47. The lowest BCUT2D eigenvalue weighted by atomic mass is 10.0. The lowest BCUT2D eigenvalue weighted by Crippen LogP contribution is -2.48. The largest absolute Gasteiger partial charge is 0.368 e. The van der Waals surface area contributed by atoms with Gasteiger partial charge in [-0.1, -0.05) is 60.7 Å². The summed E-state index contributed by atoms with van der Waals surface area (Å²) < 4.78 is 0. The molecular weight excluding hydrogens is 444 g/mol. The summed E-state index contributed by atoms with van der Waals surface area (Å²) in [4.78, 5) is 26.0. The van der Waals surface area contributed by atoms with Crippen LogP contribution < -0.4 is 4.90 Å². The van der Waals surface area contributed by atoms with Crippen LogP contribution in [0.4, 0.5) is 5.69 Å². The van der Waals surface area contributed by atoms with E-state index >= 15 is 0 Å². The van der Waals surface area contributed by atoms with E-state index in [2.05, 4.69) is 82.7 Å². The first-order valence-corrected chi connectivity index (χ1v) is 12.8. The van der Waals surface area contributed by atoms with Crippen molar-refractivity contribution in [1.29, 1.82) is 0 Å². The number of carbonyl (C=O) groups is 1. The topological polar surface area (TPSA) is 52.2 Å². The molecule has 0 bridgehead atoms. The average molecular weight is 475 g/mol. The van der Waals surface area contributed by atoms with Gasteiger partial charge < -0.3 is 14.8 Å². The van der Waals surface area contributed by atoms with E-state index in [0.717, 1.165) is 66.8 Å². The first-order chi connectivity index (χ1) is 17.8. The van der Waals surface area contributed by atoms with Crippen LogP contribution in [0.2, 0.25) is 0 Å². The molecule has 0 atom stereocenters. The van der Waals surface area contributed by atoms with Crippen molar-refractivity contribution in [1.82, 2.24) is 14.9 Å². The number of aromatic amines is 1. The zero-order valence-electron chi connectivity index (χ0n) is 20.4. The van der Waals surface area contributed by atoms with Gasteiger partial charge in [0.2, 0.25) is 5.91 Å². The van der Waals surface area contributed by atoms with Crippen molar-refractivity contribution in [2.45, 2.75) is 19.3 Å². The van der Waals surface area contributed by atoms with Gasteiger partial charge >= 0.3 is 0 Å². The Morgan fingerprint density at radius 3 is 2.42 bits per heavy atom. The molecular formula is C31H30N4O. The van der Waals surface area contributed by atoms with Gasteiger partial charge in [0.15, 0.2) is 0 Å². The Labute approximate surface area is 211 Å². The molecule has 5 heteroatoms. The Balaban J connectivity index is 1.15. The second kappa shape index (κ2) is 9.86. The molecule has 1 saturated heterocycles. The highest BCUT2D eigenvalue weighted by Crippen LogP contribution is 2.31. The van der Waals surface area contributed by atoms with Gasteiger partial charge in [0, 0.05) is 54.6 Å². The number of fused-ring (bicyclic) bond motifs is 2. The minimum absolute atomic E-state index is 0.257. The Morgan fingerprint density at radius 2 is 1.56 bits per heavy atom. The van der Waals surface area contributed by atoms with Gasteiger partial charge in [-0.15, -0.1) is 0 Å². The number of anilines is 1. The lowest BCUT2D eigenvalue weighted by molar-refractivity contribution is -0.131. The summed E-state index contributed by atoms with van der Waals surface area (Å²) >= 11 is 0. The number of aryl methyl sites for hydroxylation is 1. The third kappa shape index (κ3) is 4.44. The molecule has 0 aliphatic carbocycles. The van der Waals surface area contributed by atoms with Crippen molar-refractivity contribution in [3.8, 4) is 11.4 Å². The molecule has 0 saturated carbocycles. The predicted octanol–water partition coefficient (Wildman–Crippen LogP) is 6.05. The minimum Gasteiger partial charge on any atom is -0.368 e. The van der Waals surface area contributed by atoms with E-state index in [1.54, 1.807) is 0 Å². The van der Waals surface area contributed by atoms with Gasteiger partial charge in [-0.05, 0) is 48.7 Å². The maximum Gasteiger partial charge on any atom is 0.222 e. The molecule has 1 amide bonds. The molecule has 5 aromatic rings. The fourth-order valence-corrected chi connectivity index (χ4v) is 5.31. The summed E-state index contributed by atoms with van der Waals surface area (Å²) in [6, 6.07) is 31.3. The van der Waals surface area contributed by atoms with E-state index in [-0.39, 0.29) is 5.91 Å². The van der Waals surface area contributed by atoms with E-state index in [9.17, 15) is 4.79 Å². The monoisotopic (exact) mass is 474 g/mol. The molecule has 1 aliphatic rings. The maximum absolute atomic E-state index is 13.0. The lowest BCUT2D eigenvalue weighted by Gasteiger charge is -2.36. The van der Waals surface area contributed by atoms with Gasteiger partial charge in [0.1, 0.15) is 0 Å². The van der Waals surface area contributed by atoms with E-state index in [4.69, 9.17) is 4.98 Å². The van der Waals surface area contributed by atoms with E-state index < -0.39 is 0 Å². The number of nitrogens with zero attached hydrogens (tertiary/aromatic N) is 3. The van der Waals surface area contributed by atoms with Crippen LogP contribution in [0.3, 0.4) is 0 Å². The number of nitrogens with one attached hydrogen (secondary N) is 1. The summed E-state index contributed by atoms with van der Waals surface area (Å²) in [5, 5.41) is 2.35. The van der Waals surface area contributed by atoms with Gasteiger partial charge in [0.05, 0.1) is 16.9 Å². The minimum atomic E-state index is 0.257. The number of hydrogen-bond acceptors (Lipinski definition) is 3. The van der Waals surface area contributed by atoms with Crippen molar-refractivity contribution in [3.63, 3.8) is 0 Å². The molecule has 5 nitrogen and oxygen atoms in total. The Hall–Kier alpha value is -4.12. The first kappa shape index (κ1) is 22.4. The van der Waals surface area contributed by atoms with Crippen LogP contribution in [0.25, 0.3) is 33.2 Å². The molecule has 0 radical (unpaired) electrons. The molecule has 0 unspecified atom stereocenters. The zero-order valence-corrected chi connectivity index (χ0v) is 20.4. The number of benzene rings is 3. The highest BCUT2D eigenvalue weighted by atomic mass is 16.2. The van der Waals surface area contributed by atoms with Crippen LogP contribution in [0, 0.1) is 0 Å². The molecule has 0 spiro atoms. The van der Waals surface area contributed by atoms with Crippen LogP contribution in [0.5, 0.6) is 0 Å². The number of piperazine rings is 1. The number of para-hydroxylation sites is 3. The van der Waals surface area contributed by atoms with Gasteiger partial charge in [0.25, 0.3) is 0 Å². The highest BCUT2D eigenvalue weighted by molar-refractivity contribution is 5.91. The number of pyridine rings is 1. The number of H-pyrrole nitrogens is 1. The number of rotatable bonds is 6. The third-order valence-corrected chi connectivity index (χ3v) is 7.24. The van der Waals surface area contributed by atoms with Crippen molar-refractivity contribution in [2.75, 3.05) is 31.1 Å². The first-order valence-electron chi connectivity index (χ1n) is 12.8. The molecule has 1 N–H and O–H groups in total. The van der Waals surface area contributed by atoms with Gasteiger partial charge in [-0.25, -0.2) is 4.98 Å². The third-order valence-electron chi connectivity index (χ3n) is 7.24. The number of hydrogen-bond donors (Lipinski definition) is 1. The van der Waals surface area contributed by atoms with E-state index in [0.29, 0.717) is 6.42 Å². The van der Waals surface area contributed by atoms with Crippen LogP contribution in [0.15, 0.2) is 91.0 Å². The summed E-state index contributed by atoms with van der Waals surface area (Å²) in [5.74, 6) is 0.257. The summed E-state index contributed by atoms with van der Waals surface area (Å²) in [6.07, 6.45) is 2.22. The zero-order chi connectivity index (χ0) is 24.3. The number of carbonyl (C=O) groups excluding carboxylic acids is 1. The molecule has 3 heterocycles. The number of amides is 1. The standard InChI is InChI=1S/C31H30N4O/c36-30(35-21-19-34(20-22-35)24-10-2-1-3-11-24)16-8-13-26-25-12-5-7-15-28(25)33-31(26)29-18-17-23-9-4-6-14-27(23)32-29/h1-7,9-12,14-15,17-18,33H,8,13,16,19-22H2. The second-order valence-electron chi connectivity index (χ2n) is 9.47. The van der Waals surface area contributed by atoms with Crippen LogP contribution >= 0.6 is 0 Å². The fraction of sp³-hybridized carbons (Fsp3) is 0.226. The maximum atomic E-state index is 13.0. The van der Waals surface area contributed by atoms with Crippen molar-refractivity contribution in [3.05, 3.63) is 96.6 Å². The predicted molar refractivity (Wildman–Crippen MR) is 147 cm³/mol. The van der Waals surface area contributed by atoms with E-state index in [1.165, 1.54) is 16.6 Å². The molecule has 180 valence electrons. The quantitative estimate of drug-likeness (QED) is 0.326. The smallest absolute Gasteiger partial charge is 0.222 e. The highest BCUT2D eigenvalue weighted by Gasteiger charge is 2.21. The van der Waals surface area contributed by atoms with E-state index in [1.807, 2.05) is 23.1 Å².